The first-order valence-corrected chi connectivity index (χ1v) is 6.69. The summed E-state index contributed by atoms with van der Waals surface area (Å²) >= 11 is 1.60. The maximum Gasteiger partial charge on any atom is 0.162 e. The first-order chi connectivity index (χ1) is 8.50. The van der Waals surface area contributed by atoms with Gasteiger partial charge in [-0.15, -0.1) is 11.3 Å². The Bertz CT molecular complexity index is 517. The predicted octanol–water partition coefficient (Wildman–Crippen LogP) is 2.57. The number of thiazole rings is 1. The molecule has 0 amide bonds. The van der Waals surface area contributed by atoms with Crippen LogP contribution in [0.2, 0.25) is 0 Å². The van der Waals surface area contributed by atoms with Crippen molar-refractivity contribution in [2.24, 2.45) is 0 Å². The third-order valence-electron chi connectivity index (χ3n) is 2.64. The van der Waals surface area contributed by atoms with Crippen LogP contribution >= 0.6 is 11.3 Å². The molecule has 0 unspecified atom stereocenters. The van der Waals surface area contributed by atoms with Gasteiger partial charge in [-0.3, -0.25) is 0 Å². The molecule has 0 radical (unpaired) electrons. The lowest BCUT2D eigenvalue weighted by Crippen LogP contribution is -2.41. The van der Waals surface area contributed by atoms with Crippen LogP contribution < -0.4 is 5.32 Å². The summed E-state index contributed by atoms with van der Waals surface area (Å²) in [5, 5.41) is 13.3. The molecule has 2 heterocycles. The minimum atomic E-state index is -0.272. The van der Waals surface area contributed by atoms with Crippen LogP contribution in [0.3, 0.4) is 0 Å². The number of aliphatic hydroxyl groups excluding tert-OH is 1. The van der Waals surface area contributed by atoms with E-state index < -0.39 is 0 Å². The zero-order chi connectivity index (χ0) is 13.2. The van der Waals surface area contributed by atoms with E-state index in [0.717, 1.165) is 21.4 Å². The summed E-state index contributed by atoms with van der Waals surface area (Å²) in [6, 6.07) is 3.87. The Balaban J connectivity index is 2.03. The van der Waals surface area contributed by atoms with Crippen molar-refractivity contribution in [3.8, 4) is 10.8 Å². The van der Waals surface area contributed by atoms with Crippen LogP contribution in [-0.4, -0.2) is 22.2 Å². The van der Waals surface area contributed by atoms with E-state index in [1.54, 1.807) is 11.3 Å². The SMILES string of the molecule is Cc1ccc(-c2ncc(CNC(C)(C)CO)s2)o1. The molecule has 0 saturated carbocycles. The number of aliphatic hydroxyl groups is 1. The van der Waals surface area contributed by atoms with Crippen LogP contribution in [0.4, 0.5) is 0 Å². The number of hydrogen-bond donors (Lipinski definition) is 2. The predicted molar refractivity (Wildman–Crippen MR) is 72.6 cm³/mol. The van der Waals surface area contributed by atoms with Crippen LogP contribution in [0, 0.1) is 6.92 Å². The Kier molecular flexibility index (Phi) is 3.85. The van der Waals surface area contributed by atoms with Gasteiger partial charge < -0.3 is 14.8 Å². The second-order valence-corrected chi connectivity index (χ2v) is 6.05. The number of aryl methyl sites for hydroxylation is 1. The van der Waals surface area contributed by atoms with Crippen molar-refractivity contribution in [2.75, 3.05) is 6.61 Å². The van der Waals surface area contributed by atoms with Gasteiger partial charge in [0.1, 0.15) is 5.76 Å². The molecule has 0 saturated heterocycles. The highest BCUT2D eigenvalue weighted by Gasteiger charge is 2.16. The summed E-state index contributed by atoms with van der Waals surface area (Å²) in [7, 11) is 0. The Labute approximate surface area is 111 Å². The van der Waals surface area contributed by atoms with Gasteiger partial charge in [-0.2, -0.15) is 0 Å². The highest BCUT2D eigenvalue weighted by atomic mass is 32.1. The zero-order valence-corrected chi connectivity index (χ0v) is 11.7. The molecule has 0 bridgehead atoms. The molecule has 0 atom stereocenters. The topological polar surface area (TPSA) is 58.3 Å². The van der Waals surface area contributed by atoms with E-state index in [1.165, 1.54) is 0 Å². The number of nitrogens with zero attached hydrogens (tertiary/aromatic N) is 1. The average molecular weight is 266 g/mol. The Hall–Kier alpha value is -1.17. The lowest BCUT2D eigenvalue weighted by atomic mass is 10.1. The summed E-state index contributed by atoms with van der Waals surface area (Å²) in [6.45, 7) is 6.65. The van der Waals surface area contributed by atoms with Crippen molar-refractivity contribution in [1.82, 2.24) is 10.3 Å². The molecule has 4 nitrogen and oxygen atoms in total. The minimum absolute atomic E-state index is 0.107. The molecule has 5 heteroatoms. The smallest absolute Gasteiger partial charge is 0.162 e. The Morgan fingerprint density at radius 2 is 2.22 bits per heavy atom. The summed E-state index contributed by atoms with van der Waals surface area (Å²) in [4.78, 5) is 5.47. The Morgan fingerprint density at radius 3 is 2.83 bits per heavy atom. The number of hydrogen-bond acceptors (Lipinski definition) is 5. The molecule has 2 rings (SSSR count). The molecule has 2 N–H and O–H groups in total. The third-order valence-corrected chi connectivity index (χ3v) is 3.65. The van der Waals surface area contributed by atoms with Crippen molar-refractivity contribution in [2.45, 2.75) is 32.9 Å². The zero-order valence-electron chi connectivity index (χ0n) is 10.9. The van der Waals surface area contributed by atoms with Crippen molar-refractivity contribution in [3.63, 3.8) is 0 Å². The first-order valence-electron chi connectivity index (χ1n) is 5.87. The number of nitrogens with one attached hydrogen (secondary N) is 1. The monoisotopic (exact) mass is 266 g/mol. The third kappa shape index (κ3) is 3.19. The minimum Gasteiger partial charge on any atom is -0.459 e. The van der Waals surface area contributed by atoms with Crippen LogP contribution in [0.1, 0.15) is 24.5 Å². The molecule has 0 aliphatic rings. The van der Waals surface area contributed by atoms with Gasteiger partial charge in [0.25, 0.3) is 0 Å². The standard InChI is InChI=1S/C13H18N2O2S/c1-9-4-5-11(17-9)12-14-6-10(18-12)7-15-13(2,3)8-16/h4-6,15-16H,7-8H2,1-3H3. The van der Waals surface area contributed by atoms with Crippen molar-refractivity contribution >= 4 is 11.3 Å². The maximum absolute atomic E-state index is 9.17. The molecule has 0 spiro atoms. The van der Waals surface area contributed by atoms with Gasteiger partial charge in [-0.1, -0.05) is 0 Å². The van der Waals surface area contributed by atoms with E-state index in [9.17, 15) is 0 Å². The van der Waals surface area contributed by atoms with Gasteiger partial charge in [0.05, 0.1) is 6.61 Å². The summed E-state index contributed by atoms with van der Waals surface area (Å²) in [5.74, 6) is 1.70. The van der Waals surface area contributed by atoms with Gasteiger partial charge in [-0.05, 0) is 32.9 Å². The highest BCUT2D eigenvalue weighted by molar-refractivity contribution is 7.14. The molecule has 98 valence electrons. The van der Waals surface area contributed by atoms with Gasteiger partial charge in [0.2, 0.25) is 0 Å². The first kappa shape index (κ1) is 13.3. The second-order valence-electron chi connectivity index (χ2n) is 4.94. The molecular formula is C13H18N2O2S. The van der Waals surface area contributed by atoms with Gasteiger partial charge >= 0.3 is 0 Å². The molecule has 0 fully saturated rings. The number of rotatable bonds is 5. The van der Waals surface area contributed by atoms with E-state index in [0.29, 0.717) is 6.54 Å². The van der Waals surface area contributed by atoms with Crippen LogP contribution in [-0.2, 0) is 6.54 Å². The lowest BCUT2D eigenvalue weighted by Gasteiger charge is -2.22. The molecule has 2 aromatic heterocycles. The second kappa shape index (κ2) is 5.22. The van der Waals surface area contributed by atoms with Gasteiger partial charge in [0.15, 0.2) is 10.8 Å². The molecule has 0 aromatic carbocycles. The van der Waals surface area contributed by atoms with Crippen LogP contribution in [0.25, 0.3) is 10.8 Å². The van der Waals surface area contributed by atoms with E-state index in [4.69, 9.17) is 9.52 Å². The van der Waals surface area contributed by atoms with E-state index >= 15 is 0 Å². The highest BCUT2D eigenvalue weighted by Crippen LogP contribution is 2.26. The van der Waals surface area contributed by atoms with Crippen molar-refractivity contribution < 1.29 is 9.52 Å². The fourth-order valence-electron chi connectivity index (χ4n) is 1.43. The summed E-state index contributed by atoms with van der Waals surface area (Å²) in [5.41, 5.74) is -0.272. The normalized spacial score (nSPS) is 12.0. The van der Waals surface area contributed by atoms with E-state index in [2.05, 4.69) is 10.3 Å². The fourth-order valence-corrected chi connectivity index (χ4v) is 2.25. The average Bonchev–Trinajstić information content (AvgIpc) is 2.95. The van der Waals surface area contributed by atoms with Crippen LogP contribution in [0.15, 0.2) is 22.7 Å². The summed E-state index contributed by atoms with van der Waals surface area (Å²) < 4.78 is 5.54. The number of aromatic nitrogens is 1. The molecular weight excluding hydrogens is 248 g/mol. The van der Waals surface area contributed by atoms with E-state index in [1.807, 2.05) is 39.1 Å². The molecule has 2 aromatic rings. The van der Waals surface area contributed by atoms with Crippen molar-refractivity contribution in [1.29, 1.82) is 0 Å². The fraction of sp³-hybridized carbons (Fsp3) is 0.462. The molecule has 0 aliphatic heterocycles. The van der Waals surface area contributed by atoms with Crippen LogP contribution in [0.5, 0.6) is 0 Å². The van der Waals surface area contributed by atoms with E-state index in [-0.39, 0.29) is 12.1 Å². The Morgan fingerprint density at radius 1 is 1.44 bits per heavy atom. The largest absolute Gasteiger partial charge is 0.459 e. The lowest BCUT2D eigenvalue weighted by molar-refractivity contribution is 0.187. The van der Waals surface area contributed by atoms with Gasteiger partial charge in [-0.25, -0.2) is 4.98 Å². The summed E-state index contributed by atoms with van der Waals surface area (Å²) in [6.07, 6.45) is 1.85. The number of furan rings is 1. The quantitative estimate of drug-likeness (QED) is 0.873. The maximum atomic E-state index is 9.17. The molecule has 18 heavy (non-hydrogen) atoms. The molecule has 0 aliphatic carbocycles. The van der Waals surface area contributed by atoms with Gasteiger partial charge in [0, 0.05) is 23.2 Å². The van der Waals surface area contributed by atoms with Crippen molar-refractivity contribution in [3.05, 3.63) is 29.0 Å².